The minimum absolute atomic E-state index is 0.0433. The summed E-state index contributed by atoms with van der Waals surface area (Å²) in [6, 6.07) is 8.22. The van der Waals surface area contributed by atoms with Crippen LogP contribution in [0.15, 0.2) is 24.3 Å². The zero-order valence-electron chi connectivity index (χ0n) is 10.9. The molecule has 2 rings (SSSR count). The Hall–Kier alpha value is -1.07. The topological polar surface area (TPSA) is 49.4 Å². The highest BCUT2D eigenvalue weighted by Crippen LogP contribution is 2.25. The van der Waals surface area contributed by atoms with Crippen molar-refractivity contribution in [2.75, 3.05) is 30.0 Å². The fourth-order valence-corrected chi connectivity index (χ4v) is 4.04. The number of nitrogens with one attached hydrogen (secondary N) is 1. The van der Waals surface area contributed by atoms with Crippen LogP contribution >= 0.6 is 0 Å². The second-order valence-electron chi connectivity index (χ2n) is 4.82. The van der Waals surface area contributed by atoms with Gasteiger partial charge in [0.15, 0.2) is 9.84 Å². The molecule has 0 amide bonds. The van der Waals surface area contributed by atoms with Crippen LogP contribution in [0.3, 0.4) is 0 Å². The highest BCUT2D eigenvalue weighted by molar-refractivity contribution is 7.91. The standard InChI is InChI=1S/C13H20N2O2S/c1-11-10-18(16,17)8-7-15(11)13-6-4-3-5-12(13)9-14-2/h3-6,11,14H,7-10H2,1-2H3. The van der Waals surface area contributed by atoms with E-state index in [2.05, 4.69) is 22.3 Å². The summed E-state index contributed by atoms with van der Waals surface area (Å²) in [7, 11) is -0.938. The number of rotatable bonds is 3. The molecule has 0 aliphatic carbocycles. The third-order valence-electron chi connectivity index (χ3n) is 3.34. The molecule has 0 aromatic heterocycles. The van der Waals surface area contributed by atoms with Crippen LogP contribution in [-0.2, 0) is 16.4 Å². The van der Waals surface area contributed by atoms with Crippen LogP contribution in [0.1, 0.15) is 12.5 Å². The number of anilines is 1. The first-order chi connectivity index (χ1) is 8.53. The fourth-order valence-electron chi connectivity index (χ4n) is 2.49. The van der Waals surface area contributed by atoms with E-state index < -0.39 is 9.84 Å². The third-order valence-corrected chi connectivity index (χ3v) is 5.13. The molecule has 1 aliphatic rings. The maximum Gasteiger partial charge on any atom is 0.154 e. The lowest BCUT2D eigenvalue weighted by Crippen LogP contribution is -2.47. The SMILES string of the molecule is CNCc1ccccc1N1CCS(=O)(=O)CC1C. The van der Waals surface area contributed by atoms with Crippen molar-refractivity contribution in [1.82, 2.24) is 5.32 Å². The third kappa shape index (κ3) is 2.84. The lowest BCUT2D eigenvalue weighted by atomic mass is 10.1. The lowest BCUT2D eigenvalue weighted by Gasteiger charge is -2.36. The smallest absolute Gasteiger partial charge is 0.154 e. The van der Waals surface area contributed by atoms with Crippen molar-refractivity contribution in [2.45, 2.75) is 19.5 Å². The van der Waals surface area contributed by atoms with E-state index in [1.165, 1.54) is 5.56 Å². The van der Waals surface area contributed by atoms with Crippen molar-refractivity contribution in [3.8, 4) is 0 Å². The summed E-state index contributed by atoms with van der Waals surface area (Å²) in [6.45, 7) is 3.36. The molecule has 1 fully saturated rings. The van der Waals surface area contributed by atoms with Gasteiger partial charge in [0.1, 0.15) is 0 Å². The summed E-state index contributed by atoms with van der Waals surface area (Å²) in [5, 5.41) is 3.15. The van der Waals surface area contributed by atoms with Crippen molar-refractivity contribution in [3.63, 3.8) is 0 Å². The monoisotopic (exact) mass is 268 g/mol. The van der Waals surface area contributed by atoms with Crippen molar-refractivity contribution >= 4 is 15.5 Å². The molecular weight excluding hydrogens is 248 g/mol. The van der Waals surface area contributed by atoms with E-state index in [9.17, 15) is 8.42 Å². The molecule has 18 heavy (non-hydrogen) atoms. The lowest BCUT2D eigenvalue weighted by molar-refractivity contribution is 0.567. The minimum Gasteiger partial charge on any atom is -0.367 e. The minimum atomic E-state index is -2.86. The molecule has 0 bridgehead atoms. The van der Waals surface area contributed by atoms with E-state index in [1.54, 1.807) is 0 Å². The van der Waals surface area contributed by atoms with Crippen LogP contribution in [-0.4, -0.2) is 39.6 Å². The summed E-state index contributed by atoms with van der Waals surface area (Å²) in [5.74, 6) is 0.506. The molecule has 1 aromatic carbocycles. The van der Waals surface area contributed by atoms with Crippen molar-refractivity contribution in [1.29, 1.82) is 0 Å². The second-order valence-corrected chi connectivity index (χ2v) is 7.04. The van der Waals surface area contributed by atoms with Gasteiger partial charge in [0.05, 0.1) is 11.5 Å². The quantitative estimate of drug-likeness (QED) is 0.889. The van der Waals surface area contributed by atoms with Crippen molar-refractivity contribution < 1.29 is 8.42 Å². The zero-order valence-corrected chi connectivity index (χ0v) is 11.7. The van der Waals surface area contributed by atoms with Crippen molar-refractivity contribution in [2.24, 2.45) is 0 Å². The van der Waals surface area contributed by atoms with Gasteiger partial charge < -0.3 is 10.2 Å². The van der Waals surface area contributed by atoms with E-state index >= 15 is 0 Å². The van der Waals surface area contributed by atoms with Gasteiger partial charge in [-0.1, -0.05) is 18.2 Å². The zero-order chi connectivity index (χ0) is 13.2. The molecule has 0 radical (unpaired) electrons. The molecule has 100 valence electrons. The highest BCUT2D eigenvalue weighted by atomic mass is 32.2. The summed E-state index contributed by atoms with van der Waals surface area (Å²) in [4.78, 5) is 2.20. The van der Waals surface area contributed by atoms with E-state index in [0.29, 0.717) is 6.54 Å². The molecule has 1 saturated heterocycles. The van der Waals surface area contributed by atoms with E-state index in [-0.39, 0.29) is 17.5 Å². The Balaban J connectivity index is 2.27. The van der Waals surface area contributed by atoms with E-state index in [4.69, 9.17) is 0 Å². The average Bonchev–Trinajstić information content (AvgIpc) is 2.30. The van der Waals surface area contributed by atoms with Crippen molar-refractivity contribution in [3.05, 3.63) is 29.8 Å². The largest absolute Gasteiger partial charge is 0.367 e. The van der Waals surface area contributed by atoms with Crippen LogP contribution < -0.4 is 10.2 Å². The molecule has 1 unspecified atom stereocenters. The Morgan fingerprint density at radius 2 is 2.11 bits per heavy atom. The van der Waals surface area contributed by atoms with Crippen LogP contribution in [0.4, 0.5) is 5.69 Å². The number of benzene rings is 1. The van der Waals surface area contributed by atoms with Gasteiger partial charge in [0.2, 0.25) is 0 Å². The van der Waals surface area contributed by atoms with Gasteiger partial charge in [-0.2, -0.15) is 0 Å². The molecule has 1 N–H and O–H groups in total. The fraction of sp³-hybridized carbons (Fsp3) is 0.538. The molecule has 4 nitrogen and oxygen atoms in total. The first-order valence-electron chi connectivity index (χ1n) is 6.23. The average molecular weight is 268 g/mol. The van der Waals surface area contributed by atoms with E-state index in [1.807, 2.05) is 26.1 Å². The van der Waals surface area contributed by atoms with Crippen LogP contribution in [0, 0.1) is 0 Å². The molecule has 0 saturated carbocycles. The Morgan fingerprint density at radius 3 is 2.78 bits per heavy atom. The van der Waals surface area contributed by atoms with E-state index in [0.717, 1.165) is 12.2 Å². The Labute approximate surface area is 109 Å². The van der Waals surface area contributed by atoms with Gasteiger partial charge in [-0.15, -0.1) is 0 Å². The Bertz CT molecular complexity index is 513. The molecule has 1 aliphatic heterocycles. The van der Waals surface area contributed by atoms with Gasteiger partial charge in [-0.25, -0.2) is 8.42 Å². The predicted octanol–water partition coefficient (Wildman–Crippen LogP) is 1.03. The van der Waals surface area contributed by atoms with Crippen LogP contribution in [0.5, 0.6) is 0 Å². The molecular formula is C13H20N2O2S. The number of para-hydroxylation sites is 1. The number of nitrogens with zero attached hydrogens (tertiary/aromatic N) is 1. The Kier molecular flexibility index (Phi) is 3.92. The number of hydrogen-bond acceptors (Lipinski definition) is 4. The molecule has 1 atom stereocenters. The maximum atomic E-state index is 11.6. The van der Waals surface area contributed by atoms with Gasteiger partial charge >= 0.3 is 0 Å². The van der Waals surface area contributed by atoms with Gasteiger partial charge in [0, 0.05) is 24.8 Å². The second kappa shape index (κ2) is 5.28. The van der Waals surface area contributed by atoms with Gasteiger partial charge in [-0.05, 0) is 25.6 Å². The first-order valence-corrected chi connectivity index (χ1v) is 8.05. The van der Waals surface area contributed by atoms with Gasteiger partial charge in [-0.3, -0.25) is 0 Å². The maximum absolute atomic E-state index is 11.6. The summed E-state index contributed by atoms with van der Waals surface area (Å²) in [5.41, 5.74) is 2.36. The summed E-state index contributed by atoms with van der Waals surface area (Å²) in [6.07, 6.45) is 0. The molecule has 0 spiro atoms. The van der Waals surface area contributed by atoms with Crippen LogP contribution in [0.2, 0.25) is 0 Å². The first kappa shape index (κ1) is 13.4. The van der Waals surface area contributed by atoms with Crippen LogP contribution in [0.25, 0.3) is 0 Å². The van der Waals surface area contributed by atoms with Gasteiger partial charge in [0.25, 0.3) is 0 Å². The summed E-state index contributed by atoms with van der Waals surface area (Å²) < 4.78 is 23.2. The normalized spacial score (nSPS) is 23.0. The molecule has 1 aromatic rings. The summed E-state index contributed by atoms with van der Waals surface area (Å²) >= 11 is 0. The molecule has 5 heteroatoms. The number of hydrogen-bond donors (Lipinski definition) is 1. The molecule has 1 heterocycles. The highest BCUT2D eigenvalue weighted by Gasteiger charge is 2.28. The Morgan fingerprint density at radius 1 is 1.39 bits per heavy atom. The predicted molar refractivity (Wildman–Crippen MR) is 74.7 cm³/mol. The number of sulfone groups is 1.